The summed E-state index contributed by atoms with van der Waals surface area (Å²) in [7, 11) is 0. The van der Waals surface area contributed by atoms with Crippen LogP contribution < -0.4 is 0 Å². The minimum Gasteiger partial charge on any atom is -0.388 e. The van der Waals surface area contributed by atoms with Gasteiger partial charge in [-0.2, -0.15) is 0 Å². The third-order valence-corrected chi connectivity index (χ3v) is 4.09. The van der Waals surface area contributed by atoms with E-state index in [1.807, 2.05) is 23.6 Å². The minimum absolute atomic E-state index is 0.496. The third-order valence-electron chi connectivity index (χ3n) is 2.82. The second-order valence-corrected chi connectivity index (χ2v) is 5.73. The highest BCUT2D eigenvalue weighted by molar-refractivity contribution is 7.99. The van der Waals surface area contributed by atoms with Gasteiger partial charge >= 0.3 is 0 Å². The van der Waals surface area contributed by atoms with Crippen molar-refractivity contribution in [2.24, 2.45) is 0 Å². The van der Waals surface area contributed by atoms with Crippen LogP contribution in [0.3, 0.4) is 0 Å². The molecule has 106 valence electrons. The predicted octanol–water partition coefficient (Wildman–Crippen LogP) is 3.25. The smallest absolute Gasteiger partial charge is 0.191 e. The van der Waals surface area contributed by atoms with E-state index in [0.717, 1.165) is 16.5 Å². The second kappa shape index (κ2) is 6.92. The van der Waals surface area contributed by atoms with Crippen LogP contribution in [-0.4, -0.2) is 25.6 Å². The molecule has 0 aliphatic carbocycles. The molecular formula is C14H16ClN3OS. The molecule has 1 heterocycles. The fraction of sp³-hybridized carbons (Fsp3) is 0.286. The van der Waals surface area contributed by atoms with E-state index in [1.54, 1.807) is 18.2 Å². The first-order chi connectivity index (χ1) is 9.61. The van der Waals surface area contributed by atoms with E-state index in [-0.39, 0.29) is 0 Å². The third kappa shape index (κ3) is 3.62. The molecule has 1 atom stereocenters. The summed E-state index contributed by atoms with van der Waals surface area (Å²) in [6.45, 7) is 6.28. The van der Waals surface area contributed by atoms with Gasteiger partial charge in [-0.25, -0.2) is 0 Å². The molecule has 20 heavy (non-hydrogen) atoms. The number of aromatic nitrogens is 3. The number of rotatable bonds is 6. The number of hydrogen-bond acceptors (Lipinski definition) is 4. The van der Waals surface area contributed by atoms with Gasteiger partial charge < -0.3 is 9.67 Å². The van der Waals surface area contributed by atoms with E-state index in [1.165, 1.54) is 11.8 Å². The Hall–Kier alpha value is -1.30. The molecule has 0 aliphatic rings. The molecule has 0 radical (unpaired) electrons. The first-order valence-corrected chi connectivity index (χ1v) is 7.55. The van der Waals surface area contributed by atoms with E-state index in [9.17, 15) is 5.11 Å². The van der Waals surface area contributed by atoms with Crippen LogP contribution in [-0.2, 0) is 6.54 Å². The number of aliphatic hydroxyl groups excluding tert-OH is 1. The lowest BCUT2D eigenvalue weighted by Crippen LogP contribution is -2.04. The van der Waals surface area contributed by atoms with Gasteiger partial charge in [0.1, 0.15) is 5.82 Å². The highest BCUT2D eigenvalue weighted by Gasteiger charge is 2.13. The summed E-state index contributed by atoms with van der Waals surface area (Å²) in [6, 6.07) is 7.24. The van der Waals surface area contributed by atoms with Crippen LogP contribution in [0.25, 0.3) is 0 Å². The zero-order valence-electron chi connectivity index (χ0n) is 11.2. The summed E-state index contributed by atoms with van der Waals surface area (Å²) in [5.74, 6) is 1.33. The van der Waals surface area contributed by atoms with Gasteiger partial charge in [0.05, 0.1) is 6.10 Å². The highest BCUT2D eigenvalue weighted by atomic mass is 35.5. The summed E-state index contributed by atoms with van der Waals surface area (Å²) >= 11 is 7.39. The largest absolute Gasteiger partial charge is 0.388 e. The molecule has 0 bridgehead atoms. The van der Waals surface area contributed by atoms with E-state index < -0.39 is 6.10 Å². The number of halogens is 1. The van der Waals surface area contributed by atoms with Gasteiger partial charge in [0.25, 0.3) is 0 Å². The fourth-order valence-corrected chi connectivity index (χ4v) is 2.93. The second-order valence-electron chi connectivity index (χ2n) is 4.31. The standard InChI is InChI=1S/C14H16ClN3OS/c1-3-7-18-10(2)16-17-14(18)20-9-13(19)11-5-4-6-12(15)8-11/h3-6,8,13,19H,1,7,9H2,2H3. The summed E-state index contributed by atoms with van der Waals surface area (Å²) in [4.78, 5) is 0. The van der Waals surface area contributed by atoms with E-state index >= 15 is 0 Å². The van der Waals surface area contributed by atoms with Gasteiger partial charge in [-0.1, -0.05) is 41.6 Å². The van der Waals surface area contributed by atoms with Crippen LogP contribution in [0.5, 0.6) is 0 Å². The minimum atomic E-state index is -0.590. The molecule has 1 aromatic heterocycles. The Morgan fingerprint density at radius 1 is 1.50 bits per heavy atom. The highest BCUT2D eigenvalue weighted by Crippen LogP contribution is 2.25. The summed E-state index contributed by atoms with van der Waals surface area (Å²) in [5, 5.41) is 19.7. The van der Waals surface area contributed by atoms with Crippen molar-refractivity contribution >= 4 is 23.4 Å². The quantitative estimate of drug-likeness (QED) is 0.657. The van der Waals surface area contributed by atoms with Crippen LogP contribution in [0.4, 0.5) is 0 Å². The molecule has 2 rings (SSSR count). The monoisotopic (exact) mass is 309 g/mol. The molecule has 0 fully saturated rings. The van der Waals surface area contributed by atoms with Gasteiger partial charge in [-0.15, -0.1) is 16.8 Å². The van der Waals surface area contributed by atoms with E-state index in [2.05, 4.69) is 16.8 Å². The maximum Gasteiger partial charge on any atom is 0.191 e. The fourth-order valence-electron chi connectivity index (χ4n) is 1.77. The normalized spacial score (nSPS) is 12.3. The maximum atomic E-state index is 10.2. The summed E-state index contributed by atoms with van der Waals surface area (Å²) < 4.78 is 1.96. The van der Waals surface area contributed by atoms with Crippen molar-refractivity contribution in [1.82, 2.24) is 14.8 Å². The topological polar surface area (TPSA) is 50.9 Å². The Morgan fingerprint density at radius 3 is 3.00 bits per heavy atom. The lowest BCUT2D eigenvalue weighted by atomic mass is 10.1. The van der Waals surface area contributed by atoms with Crippen LogP contribution in [0.1, 0.15) is 17.5 Å². The summed E-state index contributed by atoms with van der Waals surface area (Å²) in [6.07, 6.45) is 1.21. The van der Waals surface area contributed by atoms with Gasteiger partial charge in [-0.3, -0.25) is 0 Å². The number of nitrogens with zero attached hydrogens (tertiary/aromatic N) is 3. The number of aliphatic hydroxyl groups is 1. The summed E-state index contributed by atoms with van der Waals surface area (Å²) in [5.41, 5.74) is 0.802. The molecule has 0 spiro atoms. The van der Waals surface area contributed by atoms with Crippen molar-refractivity contribution in [2.45, 2.75) is 24.7 Å². The van der Waals surface area contributed by atoms with Crippen molar-refractivity contribution in [1.29, 1.82) is 0 Å². The molecule has 0 amide bonds. The Balaban J connectivity index is 2.03. The number of allylic oxidation sites excluding steroid dienone is 1. The first-order valence-electron chi connectivity index (χ1n) is 6.19. The van der Waals surface area contributed by atoms with Gasteiger partial charge in [0.15, 0.2) is 5.16 Å². The molecule has 1 N–H and O–H groups in total. The molecule has 0 saturated heterocycles. The molecule has 6 heteroatoms. The van der Waals surface area contributed by atoms with Gasteiger partial charge in [0, 0.05) is 17.3 Å². The number of benzene rings is 1. The first kappa shape index (κ1) is 15.1. The van der Waals surface area contributed by atoms with Gasteiger partial charge in [-0.05, 0) is 24.6 Å². The van der Waals surface area contributed by atoms with Crippen molar-refractivity contribution in [3.8, 4) is 0 Å². The average molecular weight is 310 g/mol. The van der Waals surface area contributed by atoms with Crippen LogP contribution in [0, 0.1) is 6.92 Å². The van der Waals surface area contributed by atoms with Crippen LogP contribution >= 0.6 is 23.4 Å². The van der Waals surface area contributed by atoms with Crippen molar-refractivity contribution in [3.05, 3.63) is 53.3 Å². The lowest BCUT2D eigenvalue weighted by molar-refractivity contribution is 0.204. The van der Waals surface area contributed by atoms with E-state index in [0.29, 0.717) is 17.3 Å². The Bertz CT molecular complexity index is 600. The molecule has 1 unspecified atom stereocenters. The average Bonchev–Trinajstić information content (AvgIpc) is 2.78. The lowest BCUT2D eigenvalue weighted by Gasteiger charge is -2.11. The van der Waals surface area contributed by atoms with E-state index in [4.69, 9.17) is 11.6 Å². The zero-order chi connectivity index (χ0) is 14.5. The molecular weight excluding hydrogens is 294 g/mol. The molecule has 0 aliphatic heterocycles. The van der Waals surface area contributed by atoms with Crippen molar-refractivity contribution in [2.75, 3.05) is 5.75 Å². The molecule has 4 nitrogen and oxygen atoms in total. The number of hydrogen-bond donors (Lipinski definition) is 1. The molecule has 1 aromatic carbocycles. The Kier molecular flexibility index (Phi) is 5.23. The number of aryl methyl sites for hydroxylation is 1. The maximum absolute atomic E-state index is 10.2. The van der Waals surface area contributed by atoms with Crippen molar-refractivity contribution in [3.63, 3.8) is 0 Å². The van der Waals surface area contributed by atoms with Crippen molar-refractivity contribution < 1.29 is 5.11 Å². The zero-order valence-corrected chi connectivity index (χ0v) is 12.7. The SMILES string of the molecule is C=CCn1c(C)nnc1SCC(O)c1cccc(Cl)c1. The predicted molar refractivity (Wildman–Crippen MR) is 82.1 cm³/mol. The molecule has 2 aromatic rings. The number of thioether (sulfide) groups is 1. The van der Waals surface area contributed by atoms with Crippen LogP contribution in [0.2, 0.25) is 5.02 Å². The molecule has 0 saturated carbocycles. The van der Waals surface area contributed by atoms with Gasteiger partial charge in [0.2, 0.25) is 0 Å². The Morgan fingerprint density at radius 2 is 2.30 bits per heavy atom. The van der Waals surface area contributed by atoms with Crippen LogP contribution in [0.15, 0.2) is 42.1 Å². The Labute approximate surface area is 127 Å².